The highest BCUT2D eigenvalue weighted by atomic mass is 16.4. The second kappa shape index (κ2) is 6.67. The minimum Gasteiger partial charge on any atom is -0.480 e. The number of urea groups is 1. The number of aliphatic carboxylic acids is 1. The van der Waals surface area contributed by atoms with E-state index in [2.05, 4.69) is 5.32 Å². The Labute approximate surface area is 127 Å². The van der Waals surface area contributed by atoms with Crippen LogP contribution < -0.4 is 5.32 Å². The summed E-state index contributed by atoms with van der Waals surface area (Å²) in [4.78, 5) is 25.7. The molecule has 0 aromatic rings. The maximum Gasteiger partial charge on any atom is 0.329 e. The van der Waals surface area contributed by atoms with E-state index in [1.165, 1.54) is 25.7 Å². The summed E-state index contributed by atoms with van der Waals surface area (Å²) in [6.45, 7) is 5.08. The van der Waals surface area contributed by atoms with E-state index in [1.54, 1.807) is 6.92 Å². The largest absolute Gasteiger partial charge is 0.480 e. The molecule has 3 atom stereocenters. The molecule has 1 saturated heterocycles. The Kier molecular flexibility index (Phi) is 5.12. The van der Waals surface area contributed by atoms with Crippen molar-refractivity contribution in [3.8, 4) is 0 Å². The number of rotatable bonds is 4. The fourth-order valence-electron chi connectivity index (χ4n) is 3.82. The molecular weight excluding hydrogens is 268 g/mol. The van der Waals surface area contributed by atoms with Crippen molar-refractivity contribution in [1.29, 1.82) is 0 Å². The summed E-state index contributed by atoms with van der Waals surface area (Å²) in [5.74, 6) is 0.426. The summed E-state index contributed by atoms with van der Waals surface area (Å²) < 4.78 is 0. The van der Waals surface area contributed by atoms with Crippen molar-refractivity contribution in [3.05, 3.63) is 0 Å². The average molecular weight is 296 g/mol. The van der Waals surface area contributed by atoms with Crippen LogP contribution in [0, 0.1) is 11.8 Å². The molecule has 3 unspecified atom stereocenters. The van der Waals surface area contributed by atoms with Gasteiger partial charge in [-0.15, -0.1) is 0 Å². The van der Waals surface area contributed by atoms with Crippen LogP contribution in [0.4, 0.5) is 4.79 Å². The van der Waals surface area contributed by atoms with Gasteiger partial charge in [0.2, 0.25) is 0 Å². The molecule has 5 heteroatoms. The van der Waals surface area contributed by atoms with Crippen molar-refractivity contribution in [2.24, 2.45) is 11.8 Å². The number of amides is 2. The van der Waals surface area contributed by atoms with Crippen LogP contribution in [0.1, 0.15) is 58.8 Å². The summed E-state index contributed by atoms with van der Waals surface area (Å²) in [7, 11) is 0. The minimum atomic E-state index is -1.16. The molecule has 1 heterocycles. The standard InChI is InChI=1S/C16H28N2O3/c1-3-9-16(2,14(19)20)17-15(21)18-10-8-12-6-4-5-7-13(12)11-18/h12-13H,3-11H2,1-2H3,(H,17,21)(H,19,20). The van der Waals surface area contributed by atoms with Crippen LogP contribution in [0.25, 0.3) is 0 Å². The Hall–Kier alpha value is -1.26. The zero-order valence-corrected chi connectivity index (χ0v) is 13.2. The van der Waals surface area contributed by atoms with Gasteiger partial charge >= 0.3 is 12.0 Å². The highest BCUT2D eigenvalue weighted by Crippen LogP contribution is 2.36. The van der Waals surface area contributed by atoms with E-state index in [9.17, 15) is 14.7 Å². The van der Waals surface area contributed by atoms with E-state index in [1.807, 2.05) is 11.8 Å². The number of likely N-dealkylation sites (tertiary alicyclic amines) is 1. The number of hydrogen-bond acceptors (Lipinski definition) is 2. The third kappa shape index (κ3) is 3.69. The molecule has 2 fully saturated rings. The second-order valence-electron chi connectivity index (χ2n) is 6.86. The van der Waals surface area contributed by atoms with E-state index >= 15 is 0 Å². The van der Waals surface area contributed by atoms with Gasteiger partial charge in [-0.2, -0.15) is 0 Å². The summed E-state index contributed by atoms with van der Waals surface area (Å²) in [5.41, 5.74) is -1.16. The molecule has 0 radical (unpaired) electrons. The van der Waals surface area contributed by atoms with Gasteiger partial charge in [-0.1, -0.05) is 32.6 Å². The SMILES string of the molecule is CCCC(C)(NC(=O)N1CCC2CCCCC2C1)C(=O)O. The van der Waals surface area contributed by atoms with Crippen LogP contribution in [0.15, 0.2) is 0 Å². The van der Waals surface area contributed by atoms with Crippen LogP contribution in [0.3, 0.4) is 0 Å². The van der Waals surface area contributed by atoms with Gasteiger partial charge in [0.05, 0.1) is 0 Å². The Morgan fingerprint density at radius 1 is 1.24 bits per heavy atom. The molecule has 0 bridgehead atoms. The lowest BCUT2D eigenvalue weighted by atomic mass is 9.75. The Morgan fingerprint density at radius 2 is 1.90 bits per heavy atom. The Bertz CT molecular complexity index is 399. The highest BCUT2D eigenvalue weighted by molar-refractivity contribution is 5.85. The molecular formula is C16H28N2O3. The van der Waals surface area contributed by atoms with Crippen LogP contribution in [0.5, 0.6) is 0 Å². The maximum atomic E-state index is 12.4. The van der Waals surface area contributed by atoms with Crippen LogP contribution in [0.2, 0.25) is 0 Å². The fraction of sp³-hybridized carbons (Fsp3) is 0.875. The second-order valence-corrected chi connectivity index (χ2v) is 6.86. The lowest BCUT2D eigenvalue weighted by molar-refractivity contribution is -0.144. The number of nitrogens with zero attached hydrogens (tertiary/aromatic N) is 1. The number of fused-ring (bicyclic) bond motifs is 1. The van der Waals surface area contributed by atoms with Crippen LogP contribution in [-0.2, 0) is 4.79 Å². The molecule has 0 aromatic carbocycles. The van der Waals surface area contributed by atoms with Gasteiger partial charge in [0, 0.05) is 13.1 Å². The number of carboxylic acids is 1. The van der Waals surface area contributed by atoms with Crippen molar-refractivity contribution in [1.82, 2.24) is 10.2 Å². The number of nitrogens with one attached hydrogen (secondary N) is 1. The first-order valence-corrected chi connectivity index (χ1v) is 8.26. The lowest BCUT2D eigenvalue weighted by Crippen LogP contribution is -2.58. The first-order chi connectivity index (χ1) is 9.96. The van der Waals surface area contributed by atoms with Crippen molar-refractivity contribution < 1.29 is 14.7 Å². The summed E-state index contributed by atoms with van der Waals surface area (Å²) >= 11 is 0. The Morgan fingerprint density at radius 3 is 2.52 bits per heavy atom. The van der Waals surface area contributed by atoms with Crippen molar-refractivity contribution >= 4 is 12.0 Å². The molecule has 0 spiro atoms. The zero-order chi connectivity index (χ0) is 15.5. The summed E-state index contributed by atoms with van der Waals surface area (Å²) in [6, 6.07) is -0.211. The van der Waals surface area contributed by atoms with E-state index in [0.29, 0.717) is 12.3 Å². The molecule has 21 heavy (non-hydrogen) atoms. The normalized spacial score (nSPS) is 28.4. The highest BCUT2D eigenvalue weighted by Gasteiger charge is 2.38. The van der Waals surface area contributed by atoms with Crippen molar-refractivity contribution in [3.63, 3.8) is 0 Å². The monoisotopic (exact) mass is 296 g/mol. The maximum absolute atomic E-state index is 12.4. The number of carboxylic acid groups (broad SMARTS) is 1. The predicted molar refractivity (Wildman–Crippen MR) is 81.1 cm³/mol. The molecule has 1 aliphatic carbocycles. The average Bonchev–Trinajstić information content (AvgIpc) is 2.46. The van der Waals surface area contributed by atoms with Gasteiger partial charge in [-0.25, -0.2) is 9.59 Å². The lowest BCUT2D eigenvalue weighted by Gasteiger charge is -2.42. The third-order valence-corrected chi connectivity index (χ3v) is 5.18. The van der Waals surface area contributed by atoms with Gasteiger partial charge in [-0.05, 0) is 38.0 Å². The fourth-order valence-corrected chi connectivity index (χ4v) is 3.82. The van der Waals surface area contributed by atoms with Gasteiger partial charge in [0.25, 0.3) is 0 Å². The molecule has 1 saturated carbocycles. The molecule has 2 N–H and O–H groups in total. The molecule has 5 nitrogen and oxygen atoms in total. The van der Waals surface area contributed by atoms with E-state index in [4.69, 9.17) is 0 Å². The predicted octanol–water partition coefficient (Wildman–Crippen LogP) is 2.85. The van der Waals surface area contributed by atoms with Crippen LogP contribution in [-0.4, -0.2) is 40.6 Å². The van der Waals surface area contributed by atoms with Crippen molar-refractivity contribution in [2.75, 3.05) is 13.1 Å². The zero-order valence-electron chi connectivity index (χ0n) is 13.2. The number of piperidine rings is 1. The summed E-state index contributed by atoms with van der Waals surface area (Å²) in [5, 5.41) is 12.1. The van der Waals surface area contributed by atoms with Gasteiger partial charge in [0.1, 0.15) is 5.54 Å². The Balaban J connectivity index is 1.95. The van der Waals surface area contributed by atoms with E-state index < -0.39 is 11.5 Å². The molecule has 2 rings (SSSR count). The molecule has 2 amide bonds. The molecule has 0 aromatic heterocycles. The topological polar surface area (TPSA) is 69.6 Å². The van der Waals surface area contributed by atoms with Gasteiger partial charge in [0.15, 0.2) is 0 Å². The van der Waals surface area contributed by atoms with Gasteiger partial charge in [-0.3, -0.25) is 0 Å². The van der Waals surface area contributed by atoms with Crippen molar-refractivity contribution in [2.45, 2.75) is 64.3 Å². The first-order valence-electron chi connectivity index (χ1n) is 8.26. The molecule has 120 valence electrons. The van der Waals surface area contributed by atoms with E-state index in [0.717, 1.165) is 31.8 Å². The first kappa shape index (κ1) is 16.1. The number of carbonyl (C=O) groups is 2. The number of carbonyl (C=O) groups excluding carboxylic acids is 1. The quantitative estimate of drug-likeness (QED) is 0.838. The van der Waals surface area contributed by atoms with Crippen LogP contribution >= 0.6 is 0 Å². The molecule has 2 aliphatic rings. The smallest absolute Gasteiger partial charge is 0.329 e. The number of hydrogen-bond donors (Lipinski definition) is 2. The van der Waals surface area contributed by atoms with Gasteiger partial charge < -0.3 is 15.3 Å². The third-order valence-electron chi connectivity index (χ3n) is 5.18. The van der Waals surface area contributed by atoms with E-state index in [-0.39, 0.29) is 6.03 Å². The molecule has 1 aliphatic heterocycles. The minimum absolute atomic E-state index is 0.211. The summed E-state index contributed by atoms with van der Waals surface area (Å²) in [6.07, 6.45) is 7.33.